The van der Waals surface area contributed by atoms with Gasteiger partial charge in [-0.1, -0.05) is 42.5 Å². The van der Waals surface area contributed by atoms with Gasteiger partial charge in [-0.2, -0.15) is 0 Å². The Kier molecular flexibility index (Phi) is 5.25. The van der Waals surface area contributed by atoms with Crippen LogP contribution in [0.4, 0.5) is 0 Å². The zero-order chi connectivity index (χ0) is 15.1. The van der Waals surface area contributed by atoms with Gasteiger partial charge >= 0.3 is 0 Å². The Morgan fingerprint density at radius 2 is 1.38 bits per heavy atom. The van der Waals surface area contributed by atoms with E-state index >= 15 is 0 Å². The van der Waals surface area contributed by atoms with Gasteiger partial charge in [0, 0.05) is 15.7 Å². The molecule has 0 fully saturated rings. The summed E-state index contributed by atoms with van der Waals surface area (Å²) >= 11 is 0. The molecular weight excluding hydrogens is 304 g/mol. The maximum Gasteiger partial charge on any atom is 0.199 e. The highest BCUT2D eigenvalue weighted by atomic mass is 32.2. The fourth-order valence-electron chi connectivity index (χ4n) is 1.59. The van der Waals surface area contributed by atoms with Gasteiger partial charge in [0.05, 0.1) is 15.7 Å². The summed E-state index contributed by atoms with van der Waals surface area (Å²) in [5, 5.41) is 2.55. The van der Waals surface area contributed by atoms with Crippen LogP contribution in [0.2, 0.25) is 0 Å². The average molecular weight is 318 g/mol. The summed E-state index contributed by atoms with van der Waals surface area (Å²) in [4.78, 5) is 0.909. The van der Waals surface area contributed by atoms with E-state index in [0.29, 0.717) is 4.90 Å². The number of sulfone groups is 1. The van der Waals surface area contributed by atoms with Crippen molar-refractivity contribution in [2.45, 2.75) is 9.79 Å². The summed E-state index contributed by atoms with van der Waals surface area (Å²) in [6.07, 6.45) is 2.85. The van der Waals surface area contributed by atoms with Gasteiger partial charge in [0.25, 0.3) is 0 Å². The molecule has 0 aliphatic heterocycles. The topological polar surface area (TPSA) is 51.2 Å². The van der Waals surface area contributed by atoms with Gasteiger partial charge in [0.15, 0.2) is 9.84 Å². The van der Waals surface area contributed by atoms with Crippen molar-refractivity contribution in [3.8, 4) is 0 Å². The number of rotatable bonds is 5. The van der Waals surface area contributed by atoms with Gasteiger partial charge in [-0.15, -0.1) is 0 Å². The van der Waals surface area contributed by atoms with Gasteiger partial charge in [-0.25, -0.2) is 12.6 Å². The second-order valence-electron chi connectivity index (χ2n) is 4.13. The van der Waals surface area contributed by atoms with E-state index in [0.717, 1.165) is 5.41 Å². The van der Waals surface area contributed by atoms with E-state index in [9.17, 15) is 12.6 Å². The molecule has 0 saturated carbocycles. The van der Waals surface area contributed by atoms with Crippen LogP contribution in [0.3, 0.4) is 0 Å². The third-order valence-corrected chi connectivity index (χ3v) is 5.20. The number of hydrogen-bond acceptors (Lipinski definition) is 3. The van der Waals surface area contributed by atoms with Crippen LogP contribution >= 0.6 is 0 Å². The predicted octanol–water partition coefficient (Wildman–Crippen LogP) is 3.30. The first-order valence-electron chi connectivity index (χ1n) is 6.20. The van der Waals surface area contributed by atoms with Crippen LogP contribution in [0.15, 0.2) is 93.4 Å². The smallest absolute Gasteiger partial charge is 0.199 e. The Hall–Kier alpha value is -1.98. The molecule has 2 aromatic carbocycles. The van der Waals surface area contributed by atoms with Crippen molar-refractivity contribution in [3.63, 3.8) is 0 Å². The van der Waals surface area contributed by atoms with Gasteiger partial charge in [0.1, 0.15) is 0 Å². The number of hydrogen-bond donors (Lipinski definition) is 0. The molecule has 0 bridgehead atoms. The molecule has 2 rings (SSSR count). The number of benzene rings is 2. The van der Waals surface area contributed by atoms with Crippen LogP contribution in [0.25, 0.3) is 0 Å². The van der Waals surface area contributed by atoms with Crippen molar-refractivity contribution >= 4 is 20.6 Å². The highest BCUT2D eigenvalue weighted by Crippen LogP contribution is 2.11. The monoisotopic (exact) mass is 318 g/mol. The molecule has 1 atom stereocenters. The molecule has 0 aliphatic rings. The van der Waals surface area contributed by atoms with Gasteiger partial charge in [0.2, 0.25) is 0 Å². The molecule has 0 N–H and O–H groups in total. The lowest BCUT2D eigenvalue weighted by Crippen LogP contribution is -1.94. The van der Waals surface area contributed by atoms with Crippen LogP contribution in [0.1, 0.15) is 0 Å². The molecule has 21 heavy (non-hydrogen) atoms. The molecule has 0 amide bonds. The van der Waals surface area contributed by atoms with Crippen LogP contribution in [0.5, 0.6) is 0 Å². The maximum atomic E-state index is 12.0. The summed E-state index contributed by atoms with van der Waals surface area (Å²) in [6.45, 7) is 0. The number of allylic oxidation sites excluding steroid dienone is 2. The molecule has 0 aliphatic carbocycles. The molecule has 108 valence electrons. The summed E-state index contributed by atoms with van der Waals surface area (Å²) in [7, 11) is -4.74. The molecule has 2 aromatic rings. The Morgan fingerprint density at radius 3 is 2.00 bits per heavy atom. The van der Waals surface area contributed by atoms with Crippen molar-refractivity contribution in [1.29, 1.82) is 0 Å². The molecular formula is C16H14O3S2. The van der Waals surface area contributed by atoms with E-state index in [1.807, 2.05) is 6.07 Å². The Balaban J connectivity index is 2.06. The SMILES string of the molecule is O=S(/C=C/C=C/S(=O)(=O)c1ccccc1)c1ccccc1. The Morgan fingerprint density at radius 1 is 0.810 bits per heavy atom. The molecule has 0 saturated heterocycles. The molecule has 5 heteroatoms. The second-order valence-corrected chi connectivity index (χ2v) is 7.30. The van der Waals surface area contributed by atoms with Crippen molar-refractivity contribution in [2.75, 3.05) is 0 Å². The molecule has 0 radical (unpaired) electrons. The minimum atomic E-state index is -3.45. The fourth-order valence-corrected chi connectivity index (χ4v) is 3.39. The molecule has 1 unspecified atom stereocenters. The van der Waals surface area contributed by atoms with Crippen molar-refractivity contribution < 1.29 is 12.6 Å². The summed E-state index contributed by atoms with van der Waals surface area (Å²) in [6, 6.07) is 17.1. The molecule has 0 heterocycles. The highest BCUT2D eigenvalue weighted by molar-refractivity contribution is 7.94. The van der Waals surface area contributed by atoms with Gasteiger partial charge in [-0.3, -0.25) is 0 Å². The lowest BCUT2D eigenvalue weighted by molar-refractivity contribution is 0.604. The summed E-state index contributed by atoms with van der Waals surface area (Å²) < 4.78 is 35.8. The van der Waals surface area contributed by atoms with E-state index in [2.05, 4.69) is 0 Å². The Bertz CT molecular complexity index is 762. The predicted molar refractivity (Wildman–Crippen MR) is 84.8 cm³/mol. The molecule has 3 nitrogen and oxygen atoms in total. The summed E-state index contributed by atoms with van der Waals surface area (Å²) in [5.74, 6) is 0. The molecule has 0 aromatic heterocycles. The van der Waals surface area contributed by atoms with E-state index in [1.54, 1.807) is 42.5 Å². The van der Waals surface area contributed by atoms with E-state index < -0.39 is 20.6 Å². The third-order valence-electron chi connectivity index (χ3n) is 2.62. The second kappa shape index (κ2) is 7.15. The normalized spacial score (nSPS) is 13.7. The van der Waals surface area contributed by atoms with Crippen molar-refractivity contribution in [3.05, 3.63) is 83.6 Å². The van der Waals surface area contributed by atoms with Gasteiger partial charge in [-0.05, 0) is 30.3 Å². The fraction of sp³-hybridized carbons (Fsp3) is 0. The average Bonchev–Trinajstić information content (AvgIpc) is 2.53. The van der Waals surface area contributed by atoms with Gasteiger partial charge < -0.3 is 0 Å². The van der Waals surface area contributed by atoms with Crippen LogP contribution in [0, 0.1) is 0 Å². The van der Waals surface area contributed by atoms with Crippen LogP contribution < -0.4 is 0 Å². The lowest BCUT2D eigenvalue weighted by atomic mass is 10.4. The quantitative estimate of drug-likeness (QED) is 0.795. The summed E-state index contributed by atoms with van der Waals surface area (Å²) in [5.41, 5.74) is 0. The van der Waals surface area contributed by atoms with Crippen molar-refractivity contribution in [2.24, 2.45) is 0 Å². The van der Waals surface area contributed by atoms with E-state index in [-0.39, 0.29) is 4.90 Å². The van der Waals surface area contributed by atoms with E-state index in [4.69, 9.17) is 0 Å². The molecule has 0 spiro atoms. The van der Waals surface area contributed by atoms with Crippen molar-refractivity contribution in [1.82, 2.24) is 0 Å². The first kappa shape index (κ1) is 15.4. The zero-order valence-electron chi connectivity index (χ0n) is 11.1. The first-order valence-corrected chi connectivity index (χ1v) is 8.96. The van der Waals surface area contributed by atoms with Crippen LogP contribution in [-0.4, -0.2) is 12.6 Å². The first-order chi connectivity index (χ1) is 10.1. The maximum absolute atomic E-state index is 12.0. The lowest BCUT2D eigenvalue weighted by Gasteiger charge is -1.96. The zero-order valence-corrected chi connectivity index (χ0v) is 12.8. The van der Waals surface area contributed by atoms with E-state index in [1.165, 1.54) is 29.7 Å². The largest absolute Gasteiger partial charge is 0.250 e. The van der Waals surface area contributed by atoms with Crippen LogP contribution in [-0.2, 0) is 20.6 Å². The minimum Gasteiger partial charge on any atom is -0.250 e. The third kappa shape index (κ3) is 4.51. The minimum absolute atomic E-state index is 0.235. The Labute approximate surface area is 127 Å². The standard InChI is InChI=1S/C16H14O3S2/c17-20(15-9-3-1-4-10-15)13-7-8-14-21(18,19)16-11-5-2-6-12-16/h1-14H/b13-7+,14-8+. The highest BCUT2D eigenvalue weighted by Gasteiger charge is 2.07.